The van der Waals surface area contributed by atoms with Crippen LogP contribution in [0.3, 0.4) is 0 Å². The molecule has 0 aromatic heterocycles. The lowest BCUT2D eigenvalue weighted by atomic mass is 9.99. The van der Waals surface area contributed by atoms with E-state index in [2.05, 4.69) is 9.84 Å². The number of hydrogen-bond donors (Lipinski definition) is 1. The molecular weight excluding hydrogens is 82.8 g/mol. The topological polar surface area (TPSA) is 38.7 Å². The molecule has 0 bridgehead atoms. The summed E-state index contributed by atoms with van der Waals surface area (Å²) in [6.45, 7) is 1.86. The summed E-state index contributed by atoms with van der Waals surface area (Å²) in [6.07, 6.45) is 0.723. The molecule has 0 heterocycles. The molecular formula is C2H6BO3. The van der Waals surface area contributed by atoms with Crippen LogP contribution in [0.25, 0.3) is 0 Å². The molecule has 0 aliphatic carbocycles. The minimum Gasteiger partial charge on any atom is -0.282 e. The predicted octanol–water partition coefficient (Wildman–Crippen LogP) is 0.465. The Morgan fingerprint density at radius 1 is 1.83 bits per heavy atom. The van der Waals surface area contributed by atoms with Gasteiger partial charge >= 0.3 is 7.48 Å². The highest BCUT2D eigenvalue weighted by Crippen LogP contribution is 1.73. The average molecular weight is 88.9 g/mol. The Balaban J connectivity index is 2.34. The van der Waals surface area contributed by atoms with Gasteiger partial charge < -0.3 is 0 Å². The highest BCUT2D eigenvalue weighted by atomic mass is 17.5. The van der Waals surface area contributed by atoms with Crippen LogP contribution in [0.2, 0.25) is 6.32 Å². The first kappa shape index (κ1) is 5.94. The normalized spacial score (nSPS) is 8.33. The molecule has 35 valence electrons. The Morgan fingerprint density at radius 3 is 2.67 bits per heavy atom. The monoisotopic (exact) mass is 89.0 g/mol. The third-order valence-corrected chi connectivity index (χ3v) is 0.278. The van der Waals surface area contributed by atoms with E-state index in [-0.39, 0.29) is 0 Å². The van der Waals surface area contributed by atoms with E-state index in [1.54, 1.807) is 0 Å². The molecule has 0 aromatic rings. The second-order valence-electron chi connectivity index (χ2n) is 0.746. The van der Waals surface area contributed by atoms with Crippen LogP contribution in [0, 0.1) is 0 Å². The van der Waals surface area contributed by atoms with Gasteiger partial charge in [0.15, 0.2) is 0 Å². The van der Waals surface area contributed by atoms with Crippen molar-refractivity contribution in [3.8, 4) is 0 Å². The molecule has 0 aromatic carbocycles. The second-order valence-corrected chi connectivity index (χ2v) is 0.746. The van der Waals surface area contributed by atoms with Gasteiger partial charge in [-0.05, 0) is 0 Å². The Bertz CT molecular complexity index is 20.8. The van der Waals surface area contributed by atoms with Crippen molar-refractivity contribution in [1.82, 2.24) is 0 Å². The van der Waals surface area contributed by atoms with Crippen molar-refractivity contribution < 1.29 is 15.1 Å². The van der Waals surface area contributed by atoms with Crippen molar-refractivity contribution in [3.05, 3.63) is 0 Å². The summed E-state index contributed by atoms with van der Waals surface area (Å²) >= 11 is 0. The van der Waals surface area contributed by atoms with Crippen LogP contribution in [0.15, 0.2) is 0 Å². The van der Waals surface area contributed by atoms with Crippen LogP contribution in [-0.2, 0) is 9.84 Å². The average Bonchev–Trinajstić information content (AvgIpc) is 1.61. The highest BCUT2D eigenvalue weighted by molar-refractivity contribution is 6.26. The third-order valence-electron chi connectivity index (χ3n) is 0.278. The first-order chi connectivity index (χ1) is 2.91. The third kappa shape index (κ3) is 3.94. The summed E-state index contributed by atoms with van der Waals surface area (Å²) < 4.78 is 0. The fourth-order valence-electron chi connectivity index (χ4n) is 0.0985. The smallest absolute Gasteiger partial charge is 0.282 e. The maximum Gasteiger partial charge on any atom is 0.348 e. The summed E-state index contributed by atoms with van der Waals surface area (Å²) in [6, 6.07) is 0. The van der Waals surface area contributed by atoms with Gasteiger partial charge in [-0.15, -0.1) is 0 Å². The zero-order valence-electron chi connectivity index (χ0n) is 3.55. The summed E-state index contributed by atoms with van der Waals surface area (Å²) in [7, 11) is 1.33. The minimum atomic E-state index is 0.723. The van der Waals surface area contributed by atoms with Crippen molar-refractivity contribution in [1.29, 1.82) is 0 Å². The van der Waals surface area contributed by atoms with E-state index in [1.165, 1.54) is 7.48 Å². The van der Waals surface area contributed by atoms with E-state index in [9.17, 15) is 0 Å². The maximum absolute atomic E-state index is 7.44. The van der Waals surface area contributed by atoms with E-state index in [4.69, 9.17) is 5.26 Å². The van der Waals surface area contributed by atoms with Crippen LogP contribution in [0.1, 0.15) is 6.92 Å². The lowest BCUT2D eigenvalue weighted by molar-refractivity contribution is -0.442. The summed E-state index contributed by atoms with van der Waals surface area (Å²) in [5.74, 6) is 0. The quantitative estimate of drug-likeness (QED) is 0.236. The van der Waals surface area contributed by atoms with Gasteiger partial charge in [0, 0.05) is 0 Å². The molecule has 1 N–H and O–H groups in total. The molecule has 0 atom stereocenters. The van der Waals surface area contributed by atoms with Gasteiger partial charge in [0.25, 0.3) is 0 Å². The minimum absolute atomic E-state index is 0.723. The first-order valence-corrected chi connectivity index (χ1v) is 1.70. The first-order valence-electron chi connectivity index (χ1n) is 1.70. The van der Waals surface area contributed by atoms with Gasteiger partial charge in [-0.2, -0.15) is 0 Å². The van der Waals surface area contributed by atoms with Crippen molar-refractivity contribution >= 4 is 7.48 Å². The van der Waals surface area contributed by atoms with E-state index in [0.29, 0.717) is 0 Å². The fraction of sp³-hybridized carbons (Fsp3) is 1.00. The molecule has 6 heavy (non-hydrogen) atoms. The molecule has 0 amide bonds. The maximum atomic E-state index is 7.44. The second kappa shape index (κ2) is 4.94. The Morgan fingerprint density at radius 2 is 2.50 bits per heavy atom. The lowest BCUT2D eigenvalue weighted by Crippen LogP contribution is -1.93. The van der Waals surface area contributed by atoms with Crippen molar-refractivity contribution in [2.24, 2.45) is 0 Å². The summed E-state index contributed by atoms with van der Waals surface area (Å²) in [5, 5.41) is 10.7. The van der Waals surface area contributed by atoms with E-state index >= 15 is 0 Å². The van der Waals surface area contributed by atoms with Gasteiger partial charge in [-0.25, -0.2) is 5.26 Å². The van der Waals surface area contributed by atoms with Crippen LogP contribution in [0.4, 0.5) is 0 Å². The molecule has 0 unspecified atom stereocenters. The van der Waals surface area contributed by atoms with Gasteiger partial charge in [-0.3, -0.25) is 4.81 Å². The van der Waals surface area contributed by atoms with E-state index < -0.39 is 0 Å². The molecule has 0 saturated heterocycles. The number of rotatable bonds is 3. The largest absolute Gasteiger partial charge is 0.348 e. The highest BCUT2D eigenvalue weighted by Gasteiger charge is 1.82. The zero-order chi connectivity index (χ0) is 4.83. The molecule has 3 nitrogen and oxygen atoms in total. The lowest BCUT2D eigenvalue weighted by Gasteiger charge is -1.86. The zero-order valence-corrected chi connectivity index (χ0v) is 3.55. The predicted molar refractivity (Wildman–Crippen MR) is 21.0 cm³/mol. The SMILES string of the molecule is CC[B]OOO. The molecule has 1 radical (unpaired) electrons. The van der Waals surface area contributed by atoms with Crippen LogP contribution >= 0.6 is 0 Å². The van der Waals surface area contributed by atoms with E-state index in [1.807, 2.05) is 6.92 Å². The van der Waals surface area contributed by atoms with Gasteiger partial charge in [-0.1, -0.05) is 18.3 Å². The van der Waals surface area contributed by atoms with Crippen molar-refractivity contribution in [2.45, 2.75) is 13.2 Å². The van der Waals surface area contributed by atoms with Gasteiger partial charge in [0.05, 0.1) is 0 Å². The molecule has 0 aliphatic rings. The van der Waals surface area contributed by atoms with Crippen LogP contribution in [0.5, 0.6) is 0 Å². The molecule has 0 aliphatic heterocycles. The molecule has 0 fully saturated rings. The Hall–Kier alpha value is -0.0551. The van der Waals surface area contributed by atoms with Gasteiger partial charge in [0.2, 0.25) is 0 Å². The van der Waals surface area contributed by atoms with Gasteiger partial charge in [0.1, 0.15) is 0 Å². The van der Waals surface area contributed by atoms with Crippen molar-refractivity contribution in [2.75, 3.05) is 0 Å². The number of hydrogen-bond acceptors (Lipinski definition) is 3. The molecule has 0 spiro atoms. The van der Waals surface area contributed by atoms with E-state index in [0.717, 1.165) is 6.32 Å². The molecule has 0 rings (SSSR count). The molecule has 0 saturated carbocycles. The molecule has 4 heteroatoms. The summed E-state index contributed by atoms with van der Waals surface area (Å²) in [5.41, 5.74) is 0. The standard InChI is InChI=1S/C2H6BO3/c1-2-3-5-6-4/h4H,2H2,1H3. The summed E-state index contributed by atoms with van der Waals surface area (Å²) in [4.78, 5) is 3.91. The van der Waals surface area contributed by atoms with Crippen LogP contribution in [-0.4, -0.2) is 12.7 Å². The van der Waals surface area contributed by atoms with Crippen LogP contribution < -0.4 is 0 Å². The van der Waals surface area contributed by atoms with Crippen molar-refractivity contribution in [3.63, 3.8) is 0 Å². The fourth-order valence-corrected chi connectivity index (χ4v) is 0.0985. The Labute approximate surface area is 37.0 Å². The Kier molecular flexibility index (Phi) is 4.90.